The van der Waals surface area contributed by atoms with Crippen LogP contribution in [0.25, 0.3) is 0 Å². The molecule has 2 aliphatic heterocycles. The van der Waals surface area contributed by atoms with Crippen LogP contribution in [0.2, 0.25) is 0 Å². The zero-order valence-electron chi connectivity index (χ0n) is 21.9. The summed E-state index contributed by atoms with van der Waals surface area (Å²) in [7, 11) is 0. The van der Waals surface area contributed by atoms with Crippen molar-refractivity contribution in [1.29, 1.82) is 0 Å². The van der Waals surface area contributed by atoms with Crippen molar-refractivity contribution < 1.29 is 4.79 Å². The maximum Gasteiger partial charge on any atom is 0.255 e. The van der Waals surface area contributed by atoms with Gasteiger partial charge < -0.3 is 14.8 Å². The zero-order valence-corrected chi connectivity index (χ0v) is 22.7. The lowest BCUT2D eigenvalue weighted by Gasteiger charge is -2.38. The van der Waals surface area contributed by atoms with E-state index in [9.17, 15) is 9.59 Å². The van der Waals surface area contributed by atoms with Gasteiger partial charge >= 0.3 is 0 Å². The number of fused-ring (bicyclic) bond motifs is 1. The lowest BCUT2D eigenvalue weighted by Crippen LogP contribution is -2.39. The molecule has 2 fully saturated rings. The van der Waals surface area contributed by atoms with E-state index < -0.39 is 0 Å². The van der Waals surface area contributed by atoms with Gasteiger partial charge in [0.2, 0.25) is 0 Å². The second-order valence-corrected chi connectivity index (χ2v) is 12.5. The molecule has 3 aliphatic rings. The van der Waals surface area contributed by atoms with Gasteiger partial charge in [-0.15, -0.1) is 11.3 Å². The Labute approximate surface area is 213 Å². The first kappa shape index (κ1) is 24.8. The predicted molar refractivity (Wildman–Crippen MR) is 144 cm³/mol. The third-order valence-electron chi connectivity index (χ3n) is 8.93. The van der Waals surface area contributed by atoms with Crippen molar-refractivity contribution in [3.63, 3.8) is 0 Å². The van der Waals surface area contributed by atoms with Crippen LogP contribution in [0.5, 0.6) is 0 Å². The topological polar surface area (TPSA) is 56.4 Å². The minimum Gasteiger partial charge on any atom is -0.334 e. The van der Waals surface area contributed by atoms with E-state index in [2.05, 4.69) is 23.7 Å². The number of pyridine rings is 1. The Kier molecular flexibility index (Phi) is 7.23. The first-order valence-corrected chi connectivity index (χ1v) is 14.5. The lowest BCUT2D eigenvalue weighted by atomic mass is 9.81. The summed E-state index contributed by atoms with van der Waals surface area (Å²) in [5, 5.41) is 0. The third kappa shape index (κ3) is 5.01. The second kappa shape index (κ2) is 10.2. The molecule has 35 heavy (non-hydrogen) atoms. The van der Waals surface area contributed by atoms with Crippen molar-refractivity contribution in [3.05, 3.63) is 54.1 Å². The Morgan fingerprint density at radius 2 is 1.80 bits per heavy atom. The SMILES string of the molecule is Cc1cc(C)c(CN2CCCc3sc([C@H](C)C4CCN(CC5CCC5)CC4)c(C)c3C2=O)c(=O)[nH]1. The Bertz CT molecular complexity index is 1140. The highest BCUT2D eigenvalue weighted by molar-refractivity contribution is 7.12. The molecular weight excluding hydrogens is 454 g/mol. The average molecular weight is 496 g/mol. The van der Waals surface area contributed by atoms with Crippen LogP contribution in [0, 0.1) is 32.6 Å². The van der Waals surface area contributed by atoms with E-state index in [4.69, 9.17) is 0 Å². The van der Waals surface area contributed by atoms with Crippen LogP contribution in [0.4, 0.5) is 0 Å². The molecule has 0 spiro atoms. The molecule has 1 aliphatic carbocycles. The number of likely N-dealkylation sites (tertiary alicyclic amines) is 1. The normalized spacial score (nSPS) is 21.0. The van der Waals surface area contributed by atoms with Crippen LogP contribution in [0.15, 0.2) is 10.9 Å². The Balaban J connectivity index is 1.31. The summed E-state index contributed by atoms with van der Waals surface area (Å²) >= 11 is 1.89. The number of aromatic nitrogens is 1. The molecule has 4 heterocycles. The molecule has 6 heteroatoms. The van der Waals surface area contributed by atoms with Gasteiger partial charge in [0, 0.05) is 34.1 Å². The number of aryl methyl sites for hydroxylation is 3. The van der Waals surface area contributed by atoms with Gasteiger partial charge in [-0.1, -0.05) is 13.3 Å². The molecule has 1 atom stereocenters. The first-order valence-electron chi connectivity index (χ1n) is 13.6. The number of hydrogen-bond donors (Lipinski definition) is 1. The predicted octanol–water partition coefficient (Wildman–Crippen LogP) is 5.57. The van der Waals surface area contributed by atoms with Gasteiger partial charge in [0.15, 0.2) is 0 Å². The highest BCUT2D eigenvalue weighted by Gasteiger charge is 2.33. The molecule has 1 saturated heterocycles. The van der Waals surface area contributed by atoms with E-state index in [-0.39, 0.29) is 11.5 Å². The molecule has 1 amide bonds. The Hall–Kier alpha value is -1.92. The van der Waals surface area contributed by atoms with E-state index >= 15 is 0 Å². The van der Waals surface area contributed by atoms with Crippen molar-refractivity contribution in [2.24, 2.45) is 11.8 Å². The van der Waals surface area contributed by atoms with Crippen molar-refractivity contribution >= 4 is 17.2 Å². The van der Waals surface area contributed by atoms with Gasteiger partial charge in [-0.2, -0.15) is 0 Å². The van der Waals surface area contributed by atoms with Crippen LogP contribution in [0.3, 0.4) is 0 Å². The summed E-state index contributed by atoms with van der Waals surface area (Å²) in [6, 6.07) is 2.00. The molecule has 0 unspecified atom stereocenters. The number of hydrogen-bond acceptors (Lipinski definition) is 4. The van der Waals surface area contributed by atoms with Crippen molar-refractivity contribution in [3.8, 4) is 0 Å². The molecule has 5 nitrogen and oxygen atoms in total. The summed E-state index contributed by atoms with van der Waals surface area (Å²) < 4.78 is 0. The van der Waals surface area contributed by atoms with Crippen molar-refractivity contribution in [2.45, 2.75) is 85.1 Å². The minimum absolute atomic E-state index is 0.0697. The van der Waals surface area contributed by atoms with Gasteiger partial charge in [0.25, 0.3) is 11.5 Å². The number of aromatic amines is 1. The van der Waals surface area contributed by atoms with Gasteiger partial charge in [-0.25, -0.2) is 0 Å². The molecule has 5 rings (SSSR count). The monoisotopic (exact) mass is 495 g/mol. The minimum atomic E-state index is -0.0697. The van der Waals surface area contributed by atoms with E-state index in [1.165, 1.54) is 67.1 Å². The fourth-order valence-electron chi connectivity index (χ4n) is 6.48. The number of carbonyl (C=O) groups is 1. The standard InChI is InChI=1S/C29H41N3O2S/c1-18-15-19(2)30-28(33)24(18)17-32-12-6-9-25-26(29(32)34)21(4)27(35-25)20(3)23-10-13-31(14-11-23)16-22-7-5-8-22/h15,20,22-23H,5-14,16-17H2,1-4H3,(H,30,33)/t20-/m1/s1. The van der Waals surface area contributed by atoms with Gasteiger partial charge in [-0.05, 0) is 107 Å². The lowest BCUT2D eigenvalue weighted by molar-refractivity contribution is 0.0747. The molecule has 1 N–H and O–H groups in total. The fraction of sp³-hybridized carbons (Fsp3) is 0.655. The van der Waals surface area contributed by atoms with Crippen LogP contribution < -0.4 is 5.56 Å². The van der Waals surface area contributed by atoms with Gasteiger partial charge in [0.1, 0.15) is 0 Å². The third-order valence-corrected chi connectivity index (χ3v) is 10.5. The molecule has 1 saturated carbocycles. The molecule has 2 aromatic rings. The fourth-order valence-corrected chi connectivity index (χ4v) is 7.97. The number of rotatable bonds is 6. The van der Waals surface area contributed by atoms with Crippen LogP contribution in [0.1, 0.15) is 93.9 Å². The summed E-state index contributed by atoms with van der Waals surface area (Å²) in [6.07, 6.45) is 8.74. The summed E-state index contributed by atoms with van der Waals surface area (Å²) in [5.41, 5.74) is 4.59. The molecular formula is C29H41N3O2S. The number of carbonyl (C=O) groups excluding carboxylic acids is 1. The smallest absolute Gasteiger partial charge is 0.255 e. The number of piperidine rings is 1. The maximum atomic E-state index is 13.8. The van der Waals surface area contributed by atoms with Gasteiger partial charge in [-0.3, -0.25) is 9.59 Å². The van der Waals surface area contributed by atoms with Crippen molar-refractivity contribution in [1.82, 2.24) is 14.8 Å². The highest BCUT2D eigenvalue weighted by atomic mass is 32.1. The van der Waals surface area contributed by atoms with E-state index in [0.717, 1.165) is 35.6 Å². The van der Waals surface area contributed by atoms with Crippen LogP contribution in [-0.2, 0) is 13.0 Å². The number of H-pyrrole nitrogens is 1. The molecule has 0 bridgehead atoms. The zero-order chi connectivity index (χ0) is 24.7. The van der Waals surface area contributed by atoms with Gasteiger partial charge in [0.05, 0.1) is 12.1 Å². The Morgan fingerprint density at radius 3 is 2.46 bits per heavy atom. The van der Waals surface area contributed by atoms with Crippen LogP contribution >= 0.6 is 11.3 Å². The molecule has 2 aromatic heterocycles. The van der Waals surface area contributed by atoms with E-state index in [1.54, 1.807) is 0 Å². The molecule has 0 radical (unpaired) electrons. The highest BCUT2D eigenvalue weighted by Crippen LogP contribution is 2.42. The van der Waals surface area contributed by atoms with E-state index in [0.29, 0.717) is 30.5 Å². The molecule has 0 aromatic carbocycles. The number of thiophene rings is 1. The maximum absolute atomic E-state index is 13.8. The summed E-state index contributed by atoms with van der Waals surface area (Å²) in [6.45, 7) is 13.3. The number of amides is 1. The second-order valence-electron chi connectivity index (χ2n) is 11.4. The molecule has 190 valence electrons. The average Bonchev–Trinajstić information content (AvgIpc) is 3.03. The summed E-state index contributed by atoms with van der Waals surface area (Å²) in [5.74, 6) is 2.27. The Morgan fingerprint density at radius 1 is 1.06 bits per heavy atom. The number of nitrogens with one attached hydrogen (secondary N) is 1. The largest absolute Gasteiger partial charge is 0.334 e. The quantitative estimate of drug-likeness (QED) is 0.570. The van der Waals surface area contributed by atoms with E-state index in [1.807, 2.05) is 36.2 Å². The van der Waals surface area contributed by atoms with Crippen molar-refractivity contribution in [2.75, 3.05) is 26.2 Å². The van der Waals surface area contributed by atoms with Crippen LogP contribution in [-0.4, -0.2) is 46.9 Å². The first-order chi connectivity index (χ1) is 16.8. The summed E-state index contributed by atoms with van der Waals surface area (Å²) in [4.78, 5) is 36.6. The number of nitrogens with zero attached hydrogens (tertiary/aromatic N) is 2.